The van der Waals surface area contributed by atoms with Crippen LogP contribution < -0.4 is 10.6 Å². The minimum atomic E-state index is -4.00. The van der Waals surface area contributed by atoms with E-state index in [9.17, 15) is 22.8 Å². The van der Waals surface area contributed by atoms with Crippen molar-refractivity contribution in [2.75, 3.05) is 28.7 Å². The SMILES string of the molecule is CCOC(=O)c1ccc2nc(NC(=O)CS(=O)(=O)CC(=O)Nc3ccc(CC)cc3)sc2c1. The van der Waals surface area contributed by atoms with Crippen molar-refractivity contribution in [3.8, 4) is 0 Å². The molecule has 0 aliphatic heterocycles. The number of ether oxygens (including phenoxy) is 1. The Labute approximate surface area is 195 Å². The van der Waals surface area contributed by atoms with Crippen molar-refractivity contribution >= 4 is 60.0 Å². The number of benzene rings is 2. The van der Waals surface area contributed by atoms with Gasteiger partial charge in [0.1, 0.15) is 11.5 Å². The predicted octanol–water partition coefficient (Wildman–Crippen LogP) is 3.03. The largest absolute Gasteiger partial charge is 0.462 e. The number of hydrogen-bond donors (Lipinski definition) is 2. The average Bonchev–Trinajstić information content (AvgIpc) is 3.14. The van der Waals surface area contributed by atoms with Crippen molar-refractivity contribution in [1.82, 2.24) is 4.98 Å². The third-order valence-electron chi connectivity index (χ3n) is 4.49. The Morgan fingerprint density at radius 2 is 1.64 bits per heavy atom. The molecule has 9 nitrogen and oxygen atoms in total. The topological polar surface area (TPSA) is 132 Å². The van der Waals surface area contributed by atoms with Crippen LogP contribution in [0.25, 0.3) is 10.2 Å². The van der Waals surface area contributed by atoms with Gasteiger partial charge in [-0.05, 0) is 49.2 Å². The number of fused-ring (bicyclic) bond motifs is 1. The van der Waals surface area contributed by atoms with E-state index in [4.69, 9.17) is 4.74 Å². The normalized spacial score (nSPS) is 11.2. The molecule has 0 atom stereocenters. The van der Waals surface area contributed by atoms with Gasteiger partial charge >= 0.3 is 5.97 Å². The lowest BCUT2D eigenvalue weighted by Crippen LogP contribution is -2.30. The van der Waals surface area contributed by atoms with E-state index in [1.54, 1.807) is 37.3 Å². The van der Waals surface area contributed by atoms with Crippen LogP contribution in [0.15, 0.2) is 42.5 Å². The van der Waals surface area contributed by atoms with Crippen molar-refractivity contribution in [1.29, 1.82) is 0 Å². The highest BCUT2D eigenvalue weighted by Crippen LogP contribution is 2.27. The minimum Gasteiger partial charge on any atom is -0.462 e. The third-order valence-corrected chi connectivity index (χ3v) is 6.83. The Balaban J connectivity index is 1.58. The van der Waals surface area contributed by atoms with E-state index in [0.29, 0.717) is 21.5 Å². The summed E-state index contributed by atoms with van der Waals surface area (Å²) in [6, 6.07) is 11.8. The van der Waals surface area contributed by atoms with Crippen molar-refractivity contribution < 1.29 is 27.5 Å². The second kappa shape index (κ2) is 10.5. The summed E-state index contributed by atoms with van der Waals surface area (Å²) in [6.07, 6.45) is 0.846. The summed E-state index contributed by atoms with van der Waals surface area (Å²) in [5, 5.41) is 5.14. The maximum absolute atomic E-state index is 12.3. The van der Waals surface area contributed by atoms with E-state index < -0.39 is 39.1 Å². The number of aromatic nitrogens is 1. The smallest absolute Gasteiger partial charge is 0.338 e. The lowest BCUT2D eigenvalue weighted by atomic mass is 10.1. The van der Waals surface area contributed by atoms with E-state index in [-0.39, 0.29) is 11.7 Å². The van der Waals surface area contributed by atoms with Crippen LogP contribution in [0.1, 0.15) is 29.8 Å². The molecule has 1 heterocycles. The summed E-state index contributed by atoms with van der Waals surface area (Å²) >= 11 is 1.09. The van der Waals surface area contributed by atoms with E-state index in [1.807, 2.05) is 19.1 Å². The number of rotatable bonds is 9. The Morgan fingerprint density at radius 1 is 0.970 bits per heavy atom. The molecule has 1 aromatic heterocycles. The lowest BCUT2D eigenvalue weighted by molar-refractivity contribution is -0.114. The van der Waals surface area contributed by atoms with Gasteiger partial charge in [-0.15, -0.1) is 0 Å². The summed E-state index contributed by atoms with van der Waals surface area (Å²) < 4.78 is 30.2. The molecule has 0 fully saturated rings. The van der Waals surface area contributed by atoms with Gasteiger partial charge in [0.05, 0.1) is 22.4 Å². The molecule has 0 radical (unpaired) electrons. The zero-order chi connectivity index (χ0) is 24.0. The van der Waals surface area contributed by atoms with Gasteiger partial charge in [0.2, 0.25) is 11.8 Å². The number of esters is 1. The van der Waals surface area contributed by atoms with Crippen molar-refractivity contribution in [2.24, 2.45) is 0 Å². The van der Waals surface area contributed by atoms with Crippen LogP contribution in [0, 0.1) is 0 Å². The molecule has 11 heteroatoms. The van der Waals surface area contributed by atoms with Crippen LogP contribution in [0.5, 0.6) is 0 Å². The Kier molecular flexibility index (Phi) is 7.77. The van der Waals surface area contributed by atoms with E-state index in [0.717, 1.165) is 23.3 Å². The van der Waals surface area contributed by atoms with E-state index >= 15 is 0 Å². The zero-order valence-electron chi connectivity index (χ0n) is 18.1. The standard InChI is InChI=1S/C22H23N3O6S2/c1-3-14-5-8-16(9-6-14)23-19(26)12-33(29,30)13-20(27)25-22-24-17-10-7-15(11-18(17)32-22)21(28)31-4-2/h5-11H,3-4,12-13H2,1-2H3,(H,23,26)(H,24,25,27). The first kappa shape index (κ1) is 24.3. The molecular formula is C22H23N3O6S2. The van der Waals surface area contributed by atoms with E-state index in [2.05, 4.69) is 15.6 Å². The fourth-order valence-corrected chi connectivity index (χ4v) is 4.91. The molecule has 2 N–H and O–H groups in total. The first-order valence-electron chi connectivity index (χ1n) is 10.2. The molecule has 2 aromatic carbocycles. The van der Waals surface area contributed by atoms with Gasteiger partial charge in [-0.1, -0.05) is 30.4 Å². The molecule has 2 amide bonds. The van der Waals surface area contributed by atoms with Crippen LogP contribution in [-0.4, -0.2) is 49.3 Å². The first-order chi connectivity index (χ1) is 15.7. The maximum atomic E-state index is 12.3. The number of carbonyl (C=O) groups excluding carboxylic acids is 3. The Morgan fingerprint density at radius 3 is 2.27 bits per heavy atom. The Hall–Kier alpha value is -3.31. The van der Waals surface area contributed by atoms with E-state index in [1.165, 1.54) is 0 Å². The van der Waals surface area contributed by atoms with Gasteiger partial charge in [0, 0.05) is 5.69 Å². The van der Waals surface area contributed by atoms with Gasteiger partial charge < -0.3 is 15.4 Å². The van der Waals surface area contributed by atoms with Crippen molar-refractivity contribution in [3.05, 3.63) is 53.6 Å². The quantitative estimate of drug-likeness (QED) is 0.442. The molecule has 33 heavy (non-hydrogen) atoms. The number of aryl methyl sites for hydroxylation is 1. The average molecular weight is 490 g/mol. The lowest BCUT2D eigenvalue weighted by Gasteiger charge is -2.07. The molecule has 0 aliphatic rings. The summed E-state index contributed by atoms with van der Waals surface area (Å²) in [5.41, 5.74) is 2.46. The summed E-state index contributed by atoms with van der Waals surface area (Å²) in [4.78, 5) is 40.4. The van der Waals surface area contributed by atoms with Crippen LogP contribution in [0.2, 0.25) is 0 Å². The van der Waals surface area contributed by atoms with Crippen LogP contribution >= 0.6 is 11.3 Å². The first-order valence-corrected chi connectivity index (χ1v) is 12.8. The second-order valence-corrected chi connectivity index (χ2v) is 10.2. The Bertz CT molecular complexity index is 1280. The van der Waals surface area contributed by atoms with Gasteiger partial charge in [-0.25, -0.2) is 18.2 Å². The molecule has 0 bridgehead atoms. The number of sulfone groups is 1. The van der Waals surface area contributed by atoms with Gasteiger partial charge in [-0.3, -0.25) is 9.59 Å². The maximum Gasteiger partial charge on any atom is 0.338 e. The highest BCUT2D eigenvalue weighted by atomic mass is 32.2. The molecule has 3 aromatic rings. The second-order valence-electron chi connectivity index (χ2n) is 7.10. The van der Waals surface area contributed by atoms with Crippen LogP contribution in [-0.2, 0) is 30.6 Å². The third kappa shape index (κ3) is 6.83. The molecule has 0 unspecified atom stereocenters. The fraction of sp³-hybridized carbons (Fsp3) is 0.273. The molecule has 174 valence electrons. The van der Waals surface area contributed by atoms with Gasteiger partial charge in [-0.2, -0.15) is 0 Å². The fourth-order valence-electron chi connectivity index (χ4n) is 2.95. The number of thiazole rings is 1. The zero-order valence-corrected chi connectivity index (χ0v) is 19.7. The van der Waals surface area contributed by atoms with Gasteiger partial charge in [0.15, 0.2) is 15.0 Å². The summed E-state index contributed by atoms with van der Waals surface area (Å²) in [5.74, 6) is -3.68. The number of nitrogens with one attached hydrogen (secondary N) is 2. The number of nitrogens with zero attached hydrogens (tertiary/aromatic N) is 1. The van der Waals surface area contributed by atoms with Crippen LogP contribution in [0.4, 0.5) is 10.8 Å². The summed E-state index contributed by atoms with van der Waals surface area (Å²) in [6.45, 7) is 3.96. The molecule has 0 spiro atoms. The van der Waals surface area contributed by atoms with Crippen molar-refractivity contribution in [2.45, 2.75) is 20.3 Å². The molecule has 0 saturated carbocycles. The number of amides is 2. The number of anilines is 2. The molecule has 0 saturated heterocycles. The predicted molar refractivity (Wildman–Crippen MR) is 127 cm³/mol. The summed E-state index contributed by atoms with van der Waals surface area (Å²) in [7, 11) is -4.00. The number of hydrogen-bond acceptors (Lipinski definition) is 8. The minimum absolute atomic E-state index is 0.187. The molecule has 0 aliphatic carbocycles. The van der Waals surface area contributed by atoms with Crippen LogP contribution in [0.3, 0.4) is 0 Å². The molecular weight excluding hydrogens is 466 g/mol. The number of carbonyl (C=O) groups is 3. The monoisotopic (exact) mass is 489 g/mol. The highest BCUT2D eigenvalue weighted by molar-refractivity contribution is 7.92. The molecule has 3 rings (SSSR count). The van der Waals surface area contributed by atoms with Crippen molar-refractivity contribution in [3.63, 3.8) is 0 Å². The highest BCUT2D eigenvalue weighted by Gasteiger charge is 2.22. The van der Waals surface area contributed by atoms with Gasteiger partial charge in [0.25, 0.3) is 0 Å².